The smallest absolute Gasteiger partial charge is 0.122 e. The highest BCUT2D eigenvalue weighted by atomic mass is 15.3. The van der Waals surface area contributed by atoms with E-state index in [9.17, 15) is 0 Å². The largest absolute Gasteiger partial charge is 0.333 e. The van der Waals surface area contributed by atoms with Crippen molar-refractivity contribution in [3.63, 3.8) is 0 Å². The van der Waals surface area contributed by atoms with E-state index in [1.54, 1.807) is 0 Å². The maximum Gasteiger partial charge on any atom is 0.122 e. The van der Waals surface area contributed by atoms with Crippen LogP contribution in [0.2, 0.25) is 0 Å². The lowest BCUT2D eigenvalue weighted by atomic mass is 10.0. The van der Waals surface area contributed by atoms with Gasteiger partial charge in [-0.2, -0.15) is 0 Å². The molecule has 0 radical (unpaired) electrons. The van der Waals surface area contributed by atoms with Gasteiger partial charge in [0.1, 0.15) is 5.82 Å². The molecule has 0 amide bonds. The molecule has 1 aromatic heterocycles. The van der Waals surface area contributed by atoms with E-state index in [4.69, 9.17) is 0 Å². The number of aromatic nitrogens is 2. The molecule has 0 aliphatic carbocycles. The number of aliphatic imine (C=N–C) groups is 1. The van der Waals surface area contributed by atoms with Crippen LogP contribution in [0.15, 0.2) is 17.4 Å². The van der Waals surface area contributed by atoms with Crippen molar-refractivity contribution in [1.82, 2.24) is 14.5 Å². The average molecular weight is 206 g/mol. The molecule has 0 aromatic carbocycles. The van der Waals surface area contributed by atoms with Gasteiger partial charge in [-0.3, -0.25) is 9.89 Å². The Morgan fingerprint density at radius 1 is 1.47 bits per heavy atom. The fourth-order valence-corrected chi connectivity index (χ4v) is 2.06. The molecule has 2 rings (SSSR count). The van der Waals surface area contributed by atoms with Crippen molar-refractivity contribution >= 4 is 6.21 Å². The summed E-state index contributed by atoms with van der Waals surface area (Å²) in [6.07, 6.45) is 5.93. The Morgan fingerprint density at radius 2 is 2.27 bits per heavy atom. The van der Waals surface area contributed by atoms with Crippen molar-refractivity contribution in [2.45, 2.75) is 32.5 Å². The van der Waals surface area contributed by atoms with Gasteiger partial charge in [0, 0.05) is 38.7 Å². The first kappa shape index (κ1) is 10.4. The molecule has 0 unspecified atom stereocenters. The second-order valence-corrected chi connectivity index (χ2v) is 4.50. The highest BCUT2D eigenvalue weighted by Crippen LogP contribution is 2.19. The lowest BCUT2D eigenvalue weighted by molar-refractivity contribution is 0.139. The third kappa shape index (κ3) is 1.95. The van der Waals surface area contributed by atoms with Crippen molar-refractivity contribution in [2.24, 2.45) is 4.99 Å². The van der Waals surface area contributed by atoms with Gasteiger partial charge in [-0.1, -0.05) is 0 Å². The maximum absolute atomic E-state index is 4.36. The standard InChI is InChI=1S/C11H18N4/c1-11(2,9-12-3)15-7-6-14-5-4-13-10(14)8-15/h4-5,9H,6-8H2,1-3H3/b12-9+. The fourth-order valence-electron chi connectivity index (χ4n) is 2.06. The molecule has 0 N–H and O–H groups in total. The van der Waals surface area contributed by atoms with Gasteiger partial charge in [-0.25, -0.2) is 4.98 Å². The molecule has 82 valence electrons. The van der Waals surface area contributed by atoms with Crippen LogP contribution in [0.1, 0.15) is 19.7 Å². The van der Waals surface area contributed by atoms with Gasteiger partial charge in [0.05, 0.1) is 12.1 Å². The molecule has 0 saturated heterocycles. The summed E-state index contributed by atoms with van der Waals surface area (Å²) in [5, 5.41) is 0. The number of imidazole rings is 1. The lowest BCUT2D eigenvalue weighted by Gasteiger charge is -2.38. The Morgan fingerprint density at radius 3 is 3.00 bits per heavy atom. The Kier molecular flexibility index (Phi) is 2.61. The monoisotopic (exact) mass is 206 g/mol. The van der Waals surface area contributed by atoms with E-state index in [1.807, 2.05) is 25.7 Å². The molecule has 15 heavy (non-hydrogen) atoms. The third-order valence-electron chi connectivity index (χ3n) is 3.00. The minimum Gasteiger partial charge on any atom is -0.333 e. The van der Waals surface area contributed by atoms with E-state index in [2.05, 4.69) is 33.3 Å². The van der Waals surface area contributed by atoms with Crippen LogP contribution in [0, 0.1) is 0 Å². The topological polar surface area (TPSA) is 33.4 Å². The van der Waals surface area contributed by atoms with Crippen LogP contribution in [0.4, 0.5) is 0 Å². The molecule has 0 bridgehead atoms. The van der Waals surface area contributed by atoms with Crippen LogP contribution in [-0.2, 0) is 13.1 Å². The average Bonchev–Trinajstić information content (AvgIpc) is 2.63. The SMILES string of the molecule is C/N=C/C(C)(C)N1CCn2ccnc2C1. The normalized spacial score (nSPS) is 18.3. The Bertz CT molecular complexity index is 364. The number of hydrogen-bond acceptors (Lipinski definition) is 3. The summed E-state index contributed by atoms with van der Waals surface area (Å²) in [6, 6.07) is 0. The second-order valence-electron chi connectivity index (χ2n) is 4.50. The fraction of sp³-hybridized carbons (Fsp3) is 0.636. The van der Waals surface area contributed by atoms with Gasteiger partial charge in [0.2, 0.25) is 0 Å². The zero-order valence-electron chi connectivity index (χ0n) is 9.64. The minimum absolute atomic E-state index is 0.0198. The molecular weight excluding hydrogens is 188 g/mol. The number of fused-ring (bicyclic) bond motifs is 1. The molecule has 0 fully saturated rings. The van der Waals surface area contributed by atoms with Crippen LogP contribution in [0.25, 0.3) is 0 Å². The molecule has 1 aromatic rings. The van der Waals surface area contributed by atoms with E-state index >= 15 is 0 Å². The molecule has 0 atom stereocenters. The lowest BCUT2D eigenvalue weighted by Crippen LogP contribution is -2.48. The Labute approximate surface area is 90.6 Å². The van der Waals surface area contributed by atoms with E-state index < -0.39 is 0 Å². The van der Waals surface area contributed by atoms with E-state index in [0.717, 1.165) is 25.5 Å². The highest BCUT2D eigenvalue weighted by Gasteiger charge is 2.28. The maximum atomic E-state index is 4.36. The van der Waals surface area contributed by atoms with Crippen LogP contribution < -0.4 is 0 Å². The first-order valence-corrected chi connectivity index (χ1v) is 5.32. The number of rotatable bonds is 2. The molecule has 4 heteroatoms. The van der Waals surface area contributed by atoms with Gasteiger partial charge in [-0.15, -0.1) is 0 Å². The summed E-state index contributed by atoms with van der Waals surface area (Å²) >= 11 is 0. The highest BCUT2D eigenvalue weighted by molar-refractivity contribution is 5.68. The second kappa shape index (κ2) is 3.77. The molecule has 2 heterocycles. The third-order valence-corrected chi connectivity index (χ3v) is 3.00. The molecule has 0 saturated carbocycles. The summed E-state index contributed by atoms with van der Waals surface area (Å²) in [6.45, 7) is 7.38. The van der Waals surface area contributed by atoms with E-state index in [0.29, 0.717) is 0 Å². The van der Waals surface area contributed by atoms with Crippen molar-refractivity contribution < 1.29 is 0 Å². The van der Waals surface area contributed by atoms with Crippen molar-refractivity contribution in [3.05, 3.63) is 18.2 Å². The van der Waals surface area contributed by atoms with Crippen molar-refractivity contribution in [3.8, 4) is 0 Å². The summed E-state index contributed by atoms with van der Waals surface area (Å²) in [7, 11) is 1.83. The first-order valence-electron chi connectivity index (χ1n) is 5.32. The zero-order chi connectivity index (χ0) is 10.9. The van der Waals surface area contributed by atoms with Gasteiger partial charge in [-0.05, 0) is 13.8 Å². The molecular formula is C11H18N4. The van der Waals surface area contributed by atoms with E-state index in [-0.39, 0.29) is 5.54 Å². The van der Waals surface area contributed by atoms with Gasteiger partial charge in [0.25, 0.3) is 0 Å². The van der Waals surface area contributed by atoms with Crippen molar-refractivity contribution in [1.29, 1.82) is 0 Å². The summed E-state index contributed by atoms with van der Waals surface area (Å²) < 4.78 is 2.22. The summed E-state index contributed by atoms with van der Waals surface area (Å²) in [5.74, 6) is 1.15. The molecule has 4 nitrogen and oxygen atoms in total. The Balaban J connectivity index is 2.16. The van der Waals surface area contributed by atoms with Crippen molar-refractivity contribution in [2.75, 3.05) is 13.6 Å². The predicted molar refractivity (Wildman–Crippen MR) is 61.1 cm³/mol. The van der Waals surface area contributed by atoms with Gasteiger partial charge >= 0.3 is 0 Å². The van der Waals surface area contributed by atoms with Crippen LogP contribution in [0.5, 0.6) is 0 Å². The quantitative estimate of drug-likeness (QED) is 0.681. The summed E-state index contributed by atoms with van der Waals surface area (Å²) in [4.78, 5) is 10.9. The number of hydrogen-bond donors (Lipinski definition) is 0. The summed E-state index contributed by atoms with van der Waals surface area (Å²) in [5.41, 5.74) is 0.0198. The van der Waals surface area contributed by atoms with E-state index in [1.165, 1.54) is 0 Å². The molecule has 0 spiro atoms. The molecule has 1 aliphatic heterocycles. The minimum atomic E-state index is 0.0198. The number of nitrogens with zero attached hydrogens (tertiary/aromatic N) is 4. The van der Waals surface area contributed by atoms with Crippen LogP contribution >= 0.6 is 0 Å². The van der Waals surface area contributed by atoms with Crippen LogP contribution in [0.3, 0.4) is 0 Å². The first-order chi connectivity index (χ1) is 7.13. The van der Waals surface area contributed by atoms with Gasteiger partial charge in [0.15, 0.2) is 0 Å². The molecule has 1 aliphatic rings. The predicted octanol–water partition coefficient (Wildman–Crippen LogP) is 1.18. The zero-order valence-corrected chi connectivity index (χ0v) is 9.64. The van der Waals surface area contributed by atoms with Gasteiger partial charge < -0.3 is 4.57 Å². The van der Waals surface area contributed by atoms with Crippen LogP contribution in [-0.4, -0.2) is 39.8 Å². The Hall–Kier alpha value is -1.16.